The van der Waals surface area contributed by atoms with Gasteiger partial charge in [-0.2, -0.15) is 15.0 Å². The molecule has 2 aliphatic heterocycles. The van der Waals surface area contributed by atoms with Crippen LogP contribution in [-0.2, 0) is 6.42 Å². The Labute approximate surface area is 195 Å². The van der Waals surface area contributed by atoms with Crippen molar-refractivity contribution in [3.8, 4) is 11.1 Å². The number of aromatic nitrogens is 3. The van der Waals surface area contributed by atoms with E-state index < -0.39 is 0 Å². The van der Waals surface area contributed by atoms with Gasteiger partial charge in [-0.3, -0.25) is 0 Å². The van der Waals surface area contributed by atoms with E-state index in [0.29, 0.717) is 5.95 Å². The summed E-state index contributed by atoms with van der Waals surface area (Å²) >= 11 is 0. The average molecular weight is 442 g/mol. The van der Waals surface area contributed by atoms with E-state index in [1.165, 1.54) is 41.5 Å². The zero-order valence-corrected chi connectivity index (χ0v) is 19.0. The molecule has 7 heteroatoms. The number of benzene rings is 2. The molecular formula is C26H31N7. The lowest BCUT2D eigenvalue weighted by molar-refractivity contribution is 0.498. The Morgan fingerprint density at radius 2 is 1.55 bits per heavy atom. The van der Waals surface area contributed by atoms with Crippen LogP contribution in [0.25, 0.3) is 11.1 Å². The van der Waals surface area contributed by atoms with Crippen LogP contribution in [0.1, 0.15) is 43.2 Å². The fourth-order valence-electron chi connectivity index (χ4n) is 5.33. The minimum atomic E-state index is 0.170. The molecule has 0 radical (unpaired) electrons. The second-order valence-electron chi connectivity index (χ2n) is 9.49. The Balaban J connectivity index is 1.31. The number of hydrogen-bond acceptors (Lipinski definition) is 7. The summed E-state index contributed by atoms with van der Waals surface area (Å²) in [6, 6.07) is 15.4. The number of anilines is 4. The summed E-state index contributed by atoms with van der Waals surface area (Å²) in [5, 5.41) is 3.48. The zero-order valence-electron chi connectivity index (χ0n) is 19.0. The first-order valence-corrected chi connectivity index (χ1v) is 12.2. The highest BCUT2D eigenvalue weighted by molar-refractivity contribution is 5.79. The maximum Gasteiger partial charge on any atom is 0.233 e. The molecule has 2 aromatic carbocycles. The molecule has 170 valence electrons. The zero-order chi connectivity index (χ0) is 22.2. The smallest absolute Gasteiger partial charge is 0.233 e. The van der Waals surface area contributed by atoms with E-state index in [1.807, 2.05) is 0 Å². The highest BCUT2D eigenvalue weighted by Crippen LogP contribution is 2.38. The third kappa shape index (κ3) is 4.13. The summed E-state index contributed by atoms with van der Waals surface area (Å²) in [6.45, 7) is 3.73. The van der Waals surface area contributed by atoms with E-state index >= 15 is 0 Å². The molecule has 0 bridgehead atoms. The number of hydrogen-bond donors (Lipinski definition) is 2. The van der Waals surface area contributed by atoms with E-state index in [2.05, 4.69) is 57.6 Å². The summed E-state index contributed by atoms with van der Waals surface area (Å²) in [4.78, 5) is 19.0. The minimum Gasteiger partial charge on any atom is -0.341 e. The maximum atomic E-state index is 6.25. The van der Waals surface area contributed by atoms with Crippen LogP contribution in [-0.4, -0.2) is 47.2 Å². The van der Waals surface area contributed by atoms with Crippen LogP contribution in [0.5, 0.6) is 0 Å². The molecule has 6 rings (SSSR count). The van der Waals surface area contributed by atoms with Crippen molar-refractivity contribution >= 4 is 23.5 Å². The van der Waals surface area contributed by atoms with Crippen molar-refractivity contribution < 1.29 is 0 Å². The first-order chi connectivity index (χ1) is 16.2. The molecule has 1 unspecified atom stereocenters. The van der Waals surface area contributed by atoms with Gasteiger partial charge in [0.25, 0.3) is 0 Å². The summed E-state index contributed by atoms with van der Waals surface area (Å²) in [6.07, 6.45) is 6.74. The Morgan fingerprint density at radius 1 is 0.788 bits per heavy atom. The van der Waals surface area contributed by atoms with Gasteiger partial charge < -0.3 is 20.9 Å². The fraction of sp³-hybridized carbons (Fsp3) is 0.423. The molecule has 0 spiro atoms. The van der Waals surface area contributed by atoms with Crippen molar-refractivity contribution in [3.63, 3.8) is 0 Å². The molecule has 3 aromatic rings. The van der Waals surface area contributed by atoms with Crippen molar-refractivity contribution in [2.75, 3.05) is 41.3 Å². The van der Waals surface area contributed by atoms with Crippen LogP contribution in [0.4, 0.5) is 23.5 Å². The predicted molar refractivity (Wildman–Crippen MR) is 133 cm³/mol. The van der Waals surface area contributed by atoms with E-state index in [1.54, 1.807) is 0 Å². The number of rotatable bonds is 4. The molecule has 0 amide bonds. The Kier molecular flexibility index (Phi) is 5.34. The summed E-state index contributed by atoms with van der Waals surface area (Å²) < 4.78 is 0. The van der Waals surface area contributed by atoms with Crippen molar-refractivity contribution in [1.29, 1.82) is 0 Å². The van der Waals surface area contributed by atoms with Crippen molar-refractivity contribution in [1.82, 2.24) is 15.0 Å². The topological polar surface area (TPSA) is 83.2 Å². The van der Waals surface area contributed by atoms with Gasteiger partial charge in [-0.05, 0) is 72.9 Å². The van der Waals surface area contributed by atoms with Crippen LogP contribution < -0.4 is 20.9 Å². The molecule has 2 fully saturated rings. The molecule has 1 aliphatic carbocycles. The highest BCUT2D eigenvalue weighted by atomic mass is 15.4. The molecule has 3 aliphatic rings. The number of nitrogens with zero attached hydrogens (tertiary/aromatic N) is 5. The fourth-order valence-corrected chi connectivity index (χ4v) is 5.33. The first-order valence-electron chi connectivity index (χ1n) is 12.2. The third-order valence-corrected chi connectivity index (χ3v) is 7.04. The maximum absolute atomic E-state index is 6.25. The molecule has 3 heterocycles. The van der Waals surface area contributed by atoms with Crippen molar-refractivity contribution in [2.45, 2.75) is 44.6 Å². The number of nitrogens with one attached hydrogen (secondary N) is 1. The van der Waals surface area contributed by atoms with Gasteiger partial charge in [0.05, 0.1) is 0 Å². The Hall–Kier alpha value is -3.19. The first kappa shape index (κ1) is 20.4. The molecule has 33 heavy (non-hydrogen) atoms. The predicted octanol–water partition coefficient (Wildman–Crippen LogP) is 4.10. The molecule has 2 saturated heterocycles. The summed E-state index contributed by atoms with van der Waals surface area (Å²) in [7, 11) is 0. The second-order valence-corrected chi connectivity index (χ2v) is 9.49. The molecule has 0 saturated carbocycles. The lowest BCUT2D eigenvalue weighted by Crippen LogP contribution is -2.44. The van der Waals surface area contributed by atoms with Crippen molar-refractivity contribution in [3.05, 3.63) is 53.6 Å². The second kappa shape index (κ2) is 8.63. The number of nitrogens with two attached hydrogens (primary N) is 1. The lowest BCUT2D eigenvalue weighted by Gasteiger charge is -2.32. The van der Waals surface area contributed by atoms with E-state index in [4.69, 9.17) is 20.7 Å². The lowest BCUT2D eigenvalue weighted by atomic mass is 10.1. The Bertz CT molecular complexity index is 1160. The van der Waals surface area contributed by atoms with Gasteiger partial charge in [-0.25, -0.2) is 0 Å². The summed E-state index contributed by atoms with van der Waals surface area (Å²) in [5.41, 5.74) is 12.7. The van der Waals surface area contributed by atoms with E-state index in [9.17, 15) is 0 Å². The largest absolute Gasteiger partial charge is 0.341 e. The third-order valence-electron chi connectivity index (χ3n) is 7.04. The molecular weight excluding hydrogens is 410 g/mol. The van der Waals surface area contributed by atoms with E-state index in [-0.39, 0.29) is 6.04 Å². The normalized spacial score (nSPS) is 19.8. The number of fused-ring (bicyclic) bond motifs is 3. The summed E-state index contributed by atoms with van der Waals surface area (Å²) in [5.74, 6) is 2.11. The quantitative estimate of drug-likeness (QED) is 0.493. The Morgan fingerprint density at radius 3 is 2.39 bits per heavy atom. The van der Waals surface area contributed by atoms with Gasteiger partial charge in [-0.15, -0.1) is 0 Å². The van der Waals surface area contributed by atoms with Gasteiger partial charge in [-0.1, -0.05) is 30.3 Å². The number of piperidine rings is 2. The molecule has 1 aromatic heterocycles. The van der Waals surface area contributed by atoms with Crippen LogP contribution >= 0.6 is 0 Å². The van der Waals surface area contributed by atoms with Crippen LogP contribution in [0, 0.1) is 0 Å². The van der Waals surface area contributed by atoms with Gasteiger partial charge in [0.1, 0.15) is 0 Å². The molecule has 7 nitrogen and oxygen atoms in total. The van der Waals surface area contributed by atoms with Crippen LogP contribution in [0.15, 0.2) is 42.5 Å². The highest BCUT2D eigenvalue weighted by Gasteiger charge is 2.23. The van der Waals surface area contributed by atoms with E-state index in [0.717, 1.165) is 63.0 Å². The molecule has 3 N–H and O–H groups in total. The standard InChI is InChI=1S/C26H31N7/c27-20-8-6-14-33(17-20)26-30-24(29-25(31-26)32-12-4-1-5-13-32)28-21-10-11-23-19(16-21)15-18-7-2-3-9-22(18)23/h2-3,7,9-11,16,20H,1,4-6,8,12-15,17,27H2,(H,28,29,30,31). The van der Waals surface area contributed by atoms with Gasteiger partial charge >= 0.3 is 0 Å². The van der Waals surface area contributed by atoms with Gasteiger partial charge in [0.2, 0.25) is 17.8 Å². The monoisotopic (exact) mass is 441 g/mol. The molecule has 1 atom stereocenters. The van der Waals surface area contributed by atoms with Gasteiger partial charge in [0, 0.05) is 37.9 Å². The van der Waals surface area contributed by atoms with Gasteiger partial charge in [0.15, 0.2) is 0 Å². The SMILES string of the molecule is NC1CCCN(c2nc(Nc3ccc4c(c3)Cc3ccccc3-4)nc(N3CCCCC3)n2)C1. The van der Waals surface area contributed by atoms with Crippen LogP contribution in [0.2, 0.25) is 0 Å². The average Bonchev–Trinajstić information content (AvgIpc) is 3.22. The van der Waals surface area contributed by atoms with Crippen molar-refractivity contribution in [2.24, 2.45) is 5.73 Å². The minimum absolute atomic E-state index is 0.170. The van der Waals surface area contributed by atoms with Crippen LogP contribution in [0.3, 0.4) is 0 Å².